The van der Waals surface area contributed by atoms with E-state index in [0.29, 0.717) is 12.5 Å². The molecule has 0 bridgehead atoms. The normalized spacial score (nSPS) is 17.7. The lowest BCUT2D eigenvalue weighted by atomic mass is 9.92. The highest BCUT2D eigenvalue weighted by Crippen LogP contribution is 2.20. The first-order valence-corrected chi connectivity index (χ1v) is 8.95. The second-order valence-corrected chi connectivity index (χ2v) is 6.95. The molecule has 2 aromatic heterocycles. The highest BCUT2D eigenvalue weighted by Gasteiger charge is 2.24. The second-order valence-electron chi connectivity index (χ2n) is 6.95. The summed E-state index contributed by atoms with van der Waals surface area (Å²) in [6.45, 7) is 2.93. The molecule has 0 unspecified atom stereocenters. The number of amides is 1. The van der Waals surface area contributed by atoms with Crippen molar-refractivity contribution in [3.63, 3.8) is 0 Å². The van der Waals surface area contributed by atoms with Gasteiger partial charge in [-0.3, -0.25) is 19.7 Å². The maximum atomic E-state index is 12.7. The first kappa shape index (κ1) is 17.5. The fraction of sp³-hybridized carbons (Fsp3) is 0.450. The smallest absolute Gasteiger partial charge is 0.236 e. The number of pyridine rings is 2. The Morgan fingerprint density at radius 2 is 1.92 bits per heavy atom. The number of nitrogens with zero attached hydrogens (tertiary/aromatic N) is 4. The van der Waals surface area contributed by atoms with Crippen LogP contribution in [-0.2, 0) is 17.8 Å². The van der Waals surface area contributed by atoms with Crippen molar-refractivity contribution in [1.29, 1.82) is 0 Å². The summed E-state index contributed by atoms with van der Waals surface area (Å²) in [6.07, 6.45) is 10.6. The van der Waals surface area contributed by atoms with E-state index in [4.69, 9.17) is 0 Å². The van der Waals surface area contributed by atoms with E-state index in [1.54, 1.807) is 12.4 Å². The number of aromatic nitrogens is 2. The molecule has 1 fully saturated rings. The lowest BCUT2D eigenvalue weighted by Gasteiger charge is -2.34. The lowest BCUT2D eigenvalue weighted by Crippen LogP contribution is -2.44. The number of hydrogen-bond donors (Lipinski definition) is 0. The summed E-state index contributed by atoms with van der Waals surface area (Å²) in [7, 11) is 1.99. The molecular formula is C20H26N4O. The van der Waals surface area contributed by atoms with E-state index in [2.05, 4.69) is 20.9 Å². The minimum absolute atomic E-state index is 0.224. The Morgan fingerprint density at radius 3 is 2.60 bits per heavy atom. The first-order chi connectivity index (χ1) is 12.2. The minimum Gasteiger partial charge on any atom is -0.341 e. The molecule has 1 saturated heterocycles. The molecule has 0 aliphatic carbocycles. The molecule has 0 aromatic carbocycles. The third-order valence-electron chi connectivity index (χ3n) is 4.70. The zero-order valence-electron chi connectivity index (χ0n) is 14.8. The number of piperidine rings is 1. The number of carbonyl (C=O) groups is 1. The van der Waals surface area contributed by atoms with Crippen molar-refractivity contribution in [1.82, 2.24) is 19.8 Å². The first-order valence-electron chi connectivity index (χ1n) is 8.95. The summed E-state index contributed by atoms with van der Waals surface area (Å²) < 4.78 is 0. The zero-order chi connectivity index (χ0) is 17.5. The maximum Gasteiger partial charge on any atom is 0.236 e. The predicted molar refractivity (Wildman–Crippen MR) is 97.8 cm³/mol. The molecule has 0 radical (unpaired) electrons. The summed E-state index contributed by atoms with van der Waals surface area (Å²) in [4.78, 5) is 25.1. The fourth-order valence-electron chi connectivity index (χ4n) is 3.50. The van der Waals surface area contributed by atoms with Gasteiger partial charge in [-0.05, 0) is 55.5 Å². The molecule has 5 heteroatoms. The largest absolute Gasteiger partial charge is 0.341 e. The minimum atomic E-state index is 0.224. The number of likely N-dealkylation sites (N-methyl/N-ethyl adjacent to an activating group) is 1. The van der Waals surface area contributed by atoms with Crippen LogP contribution in [0.4, 0.5) is 0 Å². The Kier molecular flexibility index (Phi) is 6.12. The summed E-state index contributed by atoms with van der Waals surface area (Å²) >= 11 is 0. The van der Waals surface area contributed by atoms with E-state index in [1.807, 2.05) is 42.5 Å². The molecule has 1 aliphatic heterocycles. The van der Waals surface area contributed by atoms with Gasteiger partial charge >= 0.3 is 0 Å². The predicted octanol–water partition coefficient (Wildman–Crippen LogP) is 2.39. The van der Waals surface area contributed by atoms with Crippen molar-refractivity contribution >= 4 is 5.91 Å². The van der Waals surface area contributed by atoms with Crippen LogP contribution in [0.1, 0.15) is 24.0 Å². The van der Waals surface area contributed by atoms with Gasteiger partial charge in [-0.1, -0.05) is 12.1 Å². The average Bonchev–Trinajstić information content (AvgIpc) is 2.63. The van der Waals surface area contributed by atoms with Crippen LogP contribution in [0.25, 0.3) is 0 Å². The molecule has 5 nitrogen and oxygen atoms in total. The van der Waals surface area contributed by atoms with Crippen LogP contribution in [0.5, 0.6) is 0 Å². The van der Waals surface area contributed by atoms with Gasteiger partial charge in [-0.2, -0.15) is 0 Å². The van der Waals surface area contributed by atoms with Gasteiger partial charge in [0.1, 0.15) is 0 Å². The molecular weight excluding hydrogens is 312 g/mol. The third-order valence-corrected chi connectivity index (χ3v) is 4.70. The standard InChI is InChI=1S/C20H26N4O/c1-23(14-19-6-3-9-22-13-19)16-20(25)24-10-4-7-18(15-24)11-17-5-2-8-21-12-17/h2-3,5-6,8-9,12-13,18H,4,7,10-11,14-16H2,1H3/t18-/m0/s1. The van der Waals surface area contributed by atoms with Gasteiger partial charge in [0, 0.05) is 44.4 Å². The van der Waals surface area contributed by atoms with E-state index in [9.17, 15) is 4.79 Å². The summed E-state index contributed by atoms with van der Waals surface area (Å²) in [5.41, 5.74) is 2.39. The Bertz CT molecular complexity index is 662. The quantitative estimate of drug-likeness (QED) is 0.811. The molecule has 0 saturated carbocycles. The molecule has 1 aliphatic rings. The Balaban J connectivity index is 1.49. The number of hydrogen-bond acceptors (Lipinski definition) is 4. The van der Waals surface area contributed by atoms with Crippen molar-refractivity contribution in [2.24, 2.45) is 5.92 Å². The molecule has 0 spiro atoms. The summed E-state index contributed by atoms with van der Waals surface area (Å²) in [5, 5.41) is 0. The lowest BCUT2D eigenvalue weighted by molar-refractivity contribution is -0.134. The average molecular weight is 338 g/mol. The van der Waals surface area contributed by atoms with Crippen LogP contribution < -0.4 is 0 Å². The zero-order valence-corrected chi connectivity index (χ0v) is 14.8. The Labute approximate surface area is 149 Å². The van der Waals surface area contributed by atoms with Crippen LogP contribution >= 0.6 is 0 Å². The molecule has 1 atom stereocenters. The number of rotatable bonds is 6. The Morgan fingerprint density at radius 1 is 1.20 bits per heavy atom. The van der Waals surface area contributed by atoms with Gasteiger partial charge < -0.3 is 4.90 Å². The van der Waals surface area contributed by atoms with Crippen LogP contribution in [0, 0.1) is 5.92 Å². The van der Waals surface area contributed by atoms with E-state index in [-0.39, 0.29) is 5.91 Å². The molecule has 3 rings (SSSR count). The molecule has 132 valence electrons. The SMILES string of the molecule is CN(CC(=O)N1CCC[C@@H](Cc2cccnc2)C1)Cc1cccnc1. The third kappa shape index (κ3) is 5.36. The number of likely N-dealkylation sites (tertiary alicyclic amines) is 1. The van der Waals surface area contributed by atoms with Gasteiger partial charge in [0.15, 0.2) is 0 Å². The van der Waals surface area contributed by atoms with Crippen molar-refractivity contribution in [2.75, 3.05) is 26.7 Å². The topological polar surface area (TPSA) is 49.3 Å². The van der Waals surface area contributed by atoms with Crippen LogP contribution in [0.2, 0.25) is 0 Å². The monoisotopic (exact) mass is 338 g/mol. The summed E-state index contributed by atoms with van der Waals surface area (Å²) in [5.74, 6) is 0.757. The molecule has 25 heavy (non-hydrogen) atoms. The maximum absolute atomic E-state index is 12.7. The van der Waals surface area contributed by atoms with Gasteiger partial charge in [0.05, 0.1) is 6.54 Å². The Hall–Kier alpha value is -2.27. The van der Waals surface area contributed by atoms with Crippen molar-refractivity contribution in [3.8, 4) is 0 Å². The van der Waals surface area contributed by atoms with Crippen LogP contribution in [0.15, 0.2) is 49.1 Å². The van der Waals surface area contributed by atoms with Crippen LogP contribution in [-0.4, -0.2) is 52.4 Å². The highest BCUT2D eigenvalue weighted by atomic mass is 16.2. The molecule has 3 heterocycles. The van der Waals surface area contributed by atoms with E-state index < -0.39 is 0 Å². The van der Waals surface area contributed by atoms with Crippen LogP contribution in [0.3, 0.4) is 0 Å². The highest BCUT2D eigenvalue weighted by molar-refractivity contribution is 5.78. The van der Waals surface area contributed by atoms with Gasteiger partial charge in [-0.25, -0.2) is 0 Å². The summed E-state index contributed by atoms with van der Waals surface area (Å²) in [6, 6.07) is 8.07. The van der Waals surface area contributed by atoms with Gasteiger partial charge in [-0.15, -0.1) is 0 Å². The van der Waals surface area contributed by atoms with Crippen molar-refractivity contribution in [3.05, 3.63) is 60.2 Å². The van der Waals surface area contributed by atoms with Crippen molar-refractivity contribution in [2.45, 2.75) is 25.8 Å². The molecule has 2 aromatic rings. The van der Waals surface area contributed by atoms with Gasteiger partial charge in [0.2, 0.25) is 5.91 Å². The van der Waals surface area contributed by atoms with Crippen molar-refractivity contribution < 1.29 is 4.79 Å². The van der Waals surface area contributed by atoms with E-state index in [1.165, 1.54) is 12.0 Å². The molecule has 0 N–H and O–H groups in total. The fourth-order valence-corrected chi connectivity index (χ4v) is 3.50. The molecule has 1 amide bonds. The van der Waals surface area contributed by atoms with Gasteiger partial charge in [0.25, 0.3) is 0 Å². The van der Waals surface area contributed by atoms with E-state index in [0.717, 1.165) is 38.0 Å². The second kappa shape index (κ2) is 8.72. The van der Waals surface area contributed by atoms with E-state index >= 15 is 0 Å². The number of carbonyl (C=O) groups excluding carboxylic acids is 1.